The van der Waals surface area contributed by atoms with Gasteiger partial charge in [0.2, 0.25) is 5.91 Å². The maximum atomic E-state index is 12.3. The molecule has 1 fully saturated rings. The van der Waals surface area contributed by atoms with Gasteiger partial charge in [0, 0.05) is 30.5 Å². The van der Waals surface area contributed by atoms with E-state index in [1.807, 2.05) is 66.7 Å². The molecule has 1 aliphatic heterocycles. The van der Waals surface area contributed by atoms with Crippen LogP contribution in [0.1, 0.15) is 30.4 Å². The molecule has 1 heterocycles. The number of hydrogen-bond donors (Lipinski definition) is 1. The van der Waals surface area contributed by atoms with E-state index in [0.717, 1.165) is 35.7 Å². The predicted molar refractivity (Wildman–Crippen MR) is 127 cm³/mol. The molecule has 4 heteroatoms. The lowest BCUT2D eigenvalue weighted by Crippen LogP contribution is -2.29. The van der Waals surface area contributed by atoms with E-state index in [0.29, 0.717) is 6.61 Å². The van der Waals surface area contributed by atoms with Gasteiger partial charge in [-0.2, -0.15) is 0 Å². The molecule has 1 aliphatic rings. The smallest absolute Gasteiger partial charge is 0.248 e. The van der Waals surface area contributed by atoms with Crippen LogP contribution in [-0.2, 0) is 11.4 Å². The highest BCUT2D eigenvalue weighted by Crippen LogP contribution is 2.22. The van der Waals surface area contributed by atoms with E-state index in [1.165, 1.54) is 24.9 Å². The lowest BCUT2D eigenvalue weighted by molar-refractivity contribution is -0.111. The van der Waals surface area contributed by atoms with E-state index < -0.39 is 0 Å². The molecular formula is C27H28N2O2. The molecule has 3 aromatic carbocycles. The van der Waals surface area contributed by atoms with E-state index in [4.69, 9.17) is 4.74 Å². The third-order valence-electron chi connectivity index (χ3n) is 5.39. The number of nitrogens with one attached hydrogen (secondary N) is 1. The van der Waals surface area contributed by atoms with E-state index in [2.05, 4.69) is 22.3 Å². The fraction of sp³-hybridized carbons (Fsp3) is 0.222. The molecule has 158 valence electrons. The van der Waals surface area contributed by atoms with Crippen LogP contribution in [0.25, 0.3) is 6.08 Å². The zero-order valence-corrected chi connectivity index (χ0v) is 17.7. The summed E-state index contributed by atoms with van der Waals surface area (Å²) in [5.74, 6) is 0.626. The number of hydrogen-bond acceptors (Lipinski definition) is 3. The van der Waals surface area contributed by atoms with Crippen molar-refractivity contribution in [3.63, 3.8) is 0 Å². The molecule has 1 amide bonds. The number of nitrogens with zero attached hydrogens (tertiary/aromatic N) is 1. The van der Waals surface area contributed by atoms with Crippen molar-refractivity contribution in [1.29, 1.82) is 0 Å². The Labute approximate surface area is 184 Å². The van der Waals surface area contributed by atoms with Crippen molar-refractivity contribution in [2.75, 3.05) is 23.3 Å². The first kappa shape index (κ1) is 20.7. The maximum Gasteiger partial charge on any atom is 0.248 e. The van der Waals surface area contributed by atoms with Gasteiger partial charge in [0.15, 0.2) is 0 Å². The van der Waals surface area contributed by atoms with Crippen LogP contribution >= 0.6 is 0 Å². The zero-order chi connectivity index (χ0) is 21.3. The summed E-state index contributed by atoms with van der Waals surface area (Å²) in [4.78, 5) is 14.7. The van der Waals surface area contributed by atoms with Gasteiger partial charge >= 0.3 is 0 Å². The molecule has 3 aromatic rings. The summed E-state index contributed by atoms with van der Waals surface area (Å²) in [7, 11) is 0. The molecule has 0 saturated carbocycles. The van der Waals surface area contributed by atoms with E-state index in [-0.39, 0.29) is 5.91 Å². The van der Waals surface area contributed by atoms with Crippen molar-refractivity contribution in [1.82, 2.24) is 0 Å². The van der Waals surface area contributed by atoms with Crippen LogP contribution in [0.4, 0.5) is 11.4 Å². The van der Waals surface area contributed by atoms with Gasteiger partial charge in [-0.05, 0) is 72.9 Å². The summed E-state index contributed by atoms with van der Waals surface area (Å²) in [5, 5.41) is 2.93. The number of amides is 1. The summed E-state index contributed by atoms with van der Waals surface area (Å²) in [5.41, 5.74) is 4.06. The monoisotopic (exact) mass is 412 g/mol. The SMILES string of the molecule is O=C(/C=C/c1cccc(OCc2ccccc2)c1)Nc1ccc(N2CCCCC2)cc1. The van der Waals surface area contributed by atoms with Gasteiger partial charge in [-0.15, -0.1) is 0 Å². The molecule has 0 spiro atoms. The van der Waals surface area contributed by atoms with Crippen LogP contribution < -0.4 is 15.0 Å². The van der Waals surface area contributed by atoms with Crippen LogP contribution in [0.3, 0.4) is 0 Å². The molecule has 4 rings (SSSR count). The van der Waals surface area contributed by atoms with Gasteiger partial charge in [0.1, 0.15) is 12.4 Å². The first-order chi connectivity index (χ1) is 15.3. The molecule has 1 saturated heterocycles. The highest BCUT2D eigenvalue weighted by Gasteiger charge is 2.10. The Bertz CT molecular complexity index is 1010. The normalized spacial score (nSPS) is 13.9. The van der Waals surface area contributed by atoms with E-state index >= 15 is 0 Å². The zero-order valence-electron chi connectivity index (χ0n) is 17.7. The molecule has 0 atom stereocenters. The second-order valence-corrected chi connectivity index (χ2v) is 7.76. The summed E-state index contributed by atoms with van der Waals surface area (Å²) in [6.45, 7) is 2.74. The maximum absolute atomic E-state index is 12.3. The van der Waals surface area contributed by atoms with Crippen molar-refractivity contribution in [3.05, 3.63) is 96.1 Å². The van der Waals surface area contributed by atoms with Gasteiger partial charge < -0.3 is 15.0 Å². The number of carbonyl (C=O) groups is 1. The largest absolute Gasteiger partial charge is 0.489 e. The van der Waals surface area contributed by atoms with Crippen LogP contribution in [0, 0.1) is 0 Å². The molecular weight excluding hydrogens is 384 g/mol. The van der Waals surface area contributed by atoms with Crippen molar-refractivity contribution in [2.24, 2.45) is 0 Å². The third kappa shape index (κ3) is 6.22. The average Bonchev–Trinajstić information content (AvgIpc) is 2.83. The van der Waals surface area contributed by atoms with Gasteiger partial charge in [0.05, 0.1) is 0 Å². The first-order valence-electron chi connectivity index (χ1n) is 10.9. The Morgan fingerprint density at radius 2 is 1.68 bits per heavy atom. The van der Waals surface area contributed by atoms with E-state index in [9.17, 15) is 4.79 Å². The standard InChI is InChI=1S/C27H28N2O2/c30-27(28-24-13-15-25(16-14-24)29-18-5-2-6-19-29)17-12-22-10-7-11-26(20-22)31-21-23-8-3-1-4-9-23/h1,3-4,7-17,20H,2,5-6,18-19,21H2,(H,28,30)/b17-12+. The van der Waals surface area contributed by atoms with Crippen molar-refractivity contribution < 1.29 is 9.53 Å². The Hall–Kier alpha value is -3.53. The molecule has 1 N–H and O–H groups in total. The van der Waals surface area contributed by atoms with Gasteiger partial charge in [-0.25, -0.2) is 0 Å². The average molecular weight is 413 g/mol. The topological polar surface area (TPSA) is 41.6 Å². The lowest BCUT2D eigenvalue weighted by Gasteiger charge is -2.28. The van der Waals surface area contributed by atoms with Crippen LogP contribution in [0.2, 0.25) is 0 Å². The van der Waals surface area contributed by atoms with Crippen molar-refractivity contribution in [3.8, 4) is 5.75 Å². The number of piperidine rings is 1. The quantitative estimate of drug-likeness (QED) is 0.491. The number of anilines is 2. The Morgan fingerprint density at radius 3 is 2.45 bits per heavy atom. The van der Waals surface area contributed by atoms with Crippen LogP contribution in [0.15, 0.2) is 84.9 Å². The first-order valence-corrected chi connectivity index (χ1v) is 10.9. The van der Waals surface area contributed by atoms with E-state index in [1.54, 1.807) is 12.2 Å². The van der Waals surface area contributed by atoms with Crippen molar-refractivity contribution in [2.45, 2.75) is 25.9 Å². The highest BCUT2D eigenvalue weighted by atomic mass is 16.5. The fourth-order valence-electron chi connectivity index (χ4n) is 3.71. The molecule has 0 bridgehead atoms. The molecule has 0 aliphatic carbocycles. The molecule has 31 heavy (non-hydrogen) atoms. The predicted octanol–water partition coefficient (Wildman–Crippen LogP) is 5.91. The second kappa shape index (κ2) is 10.5. The minimum absolute atomic E-state index is 0.152. The van der Waals surface area contributed by atoms with Gasteiger partial charge in [0.25, 0.3) is 0 Å². The number of rotatable bonds is 7. The van der Waals surface area contributed by atoms with Crippen LogP contribution in [-0.4, -0.2) is 19.0 Å². The summed E-state index contributed by atoms with van der Waals surface area (Å²) >= 11 is 0. The molecule has 4 nitrogen and oxygen atoms in total. The Morgan fingerprint density at radius 1 is 0.903 bits per heavy atom. The third-order valence-corrected chi connectivity index (χ3v) is 5.39. The Kier molecular flexibility index (Phi) is 7.01. The van der Waals surface area contributed by atoms with Crippen molar-refractivity contribution >= 4 is 23.4 Å². The van der Waals surface area contributed by atoms with Gasteiger partial charge in [-0.3, -0.25) is 4.79 Å². The molecule has 0 aromatic heterocycles. The Balaban J connectivity index is 1.30. The lowest BCUT2D eigenvalue weighted by atomic mass is 10.1. The minimum Gasteiger partial charge on any atom is -0.489 e. The molecule has 0 unspecified atom stereocenters. The number of benzene rings is 3. The minimum atomic E-state index is -0.152. The fourth-order valence-corrected chi connectivity index (χ4v) is 3.71. The molecule has 0 radical (unpaired) electrons. The summed E-state index contributed by atoms with van der Waals surface area (Å²) < 4.78 is 5.86. The summed E-state index contributed by atoms with van der Waals surface area (Å²) in [6, 6.07) is 25.9. The van der Waals surface area contributed by atoms with Gasteiger partial charge in [-0.1, -0.05) is 42.5 Å². The number of ether oxygens (including phenoxy) is 1. The van der Waals surface area contributed by atoms with Crippen LogP contribution in [0.5, 0.6) is 5.75 Å². The highest BCUT2D eigenvalue weighted by molar-refractivity contribution is 6.02. The second-order valence-electron chi connectivity index (χ2n) is 7.76. The summed E-state index contributed by atoms with van der Waals surface area (Å²) in [6.07, 6.45) is 7.17. The number of carbonyl (C=O) groups excluding carboxylic acids is 1.